The summed E-state index contributed by atoms with van der Waals surface area (Å²) in [5.74, 6) is -0.348. The maximum atomic E-state index is 11.2. The lowest BCUT2D eigenvalue weighted by Crippen LogP contribution is -2.18. The Morgan fingerprint density at radius 3 is 2.16 bits per heavy atom. The van der Waals surface area contributed by atoms with Crippen LogP contribution in [0, 0.1) is 0 Å². The number of carboxylic acids is 2. The third-order valence-corrected chi connectivity index (χ3v) is 6.49. The summed E-state index contributed by atoms with van der Waals surface area (Å²) in [4.78, 5) is 22.1. The highest BCUT2D eigenvalue weighted by molar-refractivity contribution is 5.87. The number of para-hydroxylation sites is 1. The van der Waals surface area contributed by atoms with E-state index in [2.05, 4.69) is 51.1 Å². The molecule has 0 saturated carbocycles. The van der Waals surface area contributed by atoms with Crippen molar-refractivity contribution in [3.05, 3.63) is 95.1 Å². The summed E-state index contributed by atoms with van der Waals surface area (Å²) in [7, 11) is 0. The first-order chi connectivity index (χ1) is 18.1. The van der Waals surface area contributed by atoms with Gasteiger partial charge in [-0.3, -0.25) is 4.79 Å². The van der Waals surface area contributed by atoms with Crippen molar-refractivity contribution in [2.75, 3.05) is 0 Å². The van der Waals surface area contributed by atoms with Crippen LogP contribution in [0.15, 0.2) is 72.8 Å². The predicted octanol–water partition coefficient (Wildman–Crippen LogP) is 7.29. The number of aliphatic carboxylic acids is 1. The minimum Gasteiger partial charge on any atom is -0.490 e. The molecular formula is C32H38O6. The average Bonchev–Trinajstić information content (AvgIpc) is 2.88. The van der Waals surface area contributed by atoms with Crippen molar-refractivity contribution in [2.24, 2.45) is 0 Å². The largest absolute Gasteiger partial charge is 0.490 e. The average molecular weight is 519 g/mol. The van der Waals surface area contributed by atoms with Crippen molar-refractivity contribution in [1.82, 2.24) is 0 Å². The highest BCUT2D eigenvalue weighted by Gasteiger charge is 2.15. The SMILES string of the molecule is CC(C)(C)c1ccc(COc2ccccc2CCC(CCCCC(=O)O)Oc2ccc(C(=O)O)cc2)cc1. The second-order valence-corrected chi connectivity index (χ2v) is 10.6. The molecule has 38 heavy (non-hydrogen) atoms. The van der Waals surface area contributed by atoms with Gasteiger partial charge in [-0.2, -0.15) is 0 Å². The summed E-state index contributed by atoms with van der Waals surface area (Å²) in [6.45, 7) is 7.07. The quantitative estimate of drug-likeness (QED) is 0.218. The third-order valence-electron chi connectivity index (χ3n) is 6.49. The van der Waals surface area contributed by atoms with Crippen molar-refractivity contribution < 1.29 is 29.3 Å². The van der Waals surface area contributed by atoms with Crippen LogP contribution in [0.3, 0.4) is 0 Å². The maximum absolute atomic E-state index is 11.2. The van der Waals surface area contributed by atoms with E-state index >= 15 is 0 Å². The van der Waals surface area contributed by atoms with Gasteiger partial charge in [0.25, 0.3) is 0 Å². The monoisotopic (exact) mass is 518 g/mol. The Bertz CT molecular complexity index is 1180. The van der Waals surface area contributed by atoms with Crippen molar-refractivity contribution in [3.63, 3.8) is 0 Å². The maximum Gasteiger partial charge on any atom is 0.335 e. The minimum atomic E-state index is -0.983. The minimum absolute atomic E-state index is 0.108. The second kappa shape index (κ2) is 13.7. The molecular weight excluding hydrogens is 480 g/mol. The van der Waals surface area contributed by atoms with E-state index in [4.69, 9.17) is 19.7 Å². The van der Waals surface area contributed by atoms with Crippen LogP contribution >= 0.6 is 0 Å². The smallest absolute Gasteiger partial charge is 0.335 e. The van der Waals surface area contributed by atoms with Crippen molar-refractivity contribution in [2.45, 2.75) is 77.4 Å². The first-order valence-electron chi connectivity index (χ1n) is 13.1. The molecule has 0 spiro atoms. The number of benzene rings is 3. The first-order valence-corrected chi connectivity index (χ1v) is 13.1. The van der Waals surface area contributed by atoms with Crippen LogP contribution in [0.4, 0.5) is 0 Å². The summed E-state index contributed by atoms with van der Waals surface area (Å²) in [6.07, 6.45) is 3.46. The number of aromatic carboxylic acids is 1. The Balaban J connectivity index is 1.63. The zero-order valence-electron chi connectivity index (χ0n) is 22.5. The van der Waals surface area contributed by atoms with Gasteiger partial charge < -0.3 is 19.7 Å². The molecule has 3 aromatic rings. The van der Waals surface area contributed by atoms with Gasteiger partial charge >= 0.3 is 11.9 Å². The lowest BCUT2D eigenvalue weighted by molar-refractivity contribution is -0.137. The van der Waals surface area contributed by atoms with E-state index < -0.39 is 11.9 Å². The fourth-order valence-electron chi connectivity index (χ4n) is 4.21. The number of carbonyl (C=O) groups is 2. The Morgan fingerprint density at radius 2 is 1.53 bits per heavy atom. The van der Waals surface area contributed by atoms with Crippen LogP contribution < -0.4 is 9.47 Å². The molecule has 3 rings (SSSR count). The molecule has 6 heteroatoms. The topological polar surface area (TPSA) is 93.1 Å². The van der Waals surface area contributed by atoms with Gasteiger partial charge in [-0.05, 0) is 84.5 Å². The number of ether oxygens (including phenoxy) is 2. The Labute approximate surface area is 225 Å². The lowest BCUT2D eigenvalue weighted by atomic mass is 9.87. The van der Waals surface area contributed by atoms with Gasteiger partial charge in [-0.1, -0.05) is 63.2 Å². The highest BCUT2D eigenvalue weighted by atomic mass is 16.5. The van der Waals surface area contributed by atoms with Gasteiger partial charge in [0.15, 0.2) is 0 Å². The molecule has 1 atom stereocenters. The van der Waals surface area contributed by atoms with Crippen LogP contribution in [0.25, 0.3) is 0 Å². The van der Waals surface area contributed by atoms with Gasteiger partial charge in [-0.15, -0.1) is 0 Å². The van der Waals surface area contributed by atoms with Crippen LogP contribution in [0.2, 0.25) is 0 Å². The predicted molar refractivity (Wildman–Crippen MR) is 148 cm³/mol. The van der Waals surface area contributed by atoms with Crippen molar-refractivity contribution in [3.8, 4) is 11.5 Å². The molecule has 202 valence electrons. The van der Waals surface area contributed by atoms with E-state index in [-0.39, 0.29) is 23.5 Å². The van der Waals surface area contributed by atoms with Crippen LogP contribution in [-0.2, 0) is 23.2 Å². The normalized spacial score (nSPS) is 12.1. The van der Waals surface area contributed by atoms with E-state index in [0.717, 1.165) is 29.7 Å². The number of carboxylic acid groups (broad SMARTS) is 2. The molecule has 0 aliphatic heterocycles. The zero-order valence-corrected chi connectivity index (χ0v) is 22.5. The molecule has 0 bridgehead atoms. The van der Waals surface area contributed by atoms with Gasteiger partial charge in [0.1, 0.15) is 18.1 Å². The third kappa shape index (κ3) is 9.25. The first kappa shape index (κ1) is 28.8. The highest BCUT2D eigenvalue weighted by Crippen LogP contribution is 2.26. The molecule has 0 radical (unpaired) electrons. The van der Waals surface area contributed by atoms with Gasteiger partial charge in [0.05, 0.1) is 11.7 Å². The summed E-state index contributed by atoms with van der Waals surface area (Å²) >= 11 is 0. The summed E-state index contributed by atoms with van der Waals surface area (Å²) in [6, 6.07) is 22.9. The molecule has 6 nitrogen and oxygen atoms in total. The van der Waals surface area contributed by atoms with E-state index in [1.54, 1.807) is 12.1 Å². The van der Waals surface area contributed by atoms with Gasteiger partial charge in [0, 0.05) is 6.42 Å². The summed E-state index contributed by atoms with van der Waals surface area (Å²) in [5, 5.41) is 18.1. The van der Waals surface area contributed by atoms with Gasteiger partial charge in [0.2, 0.25) is 0 Å². The Kier molecular flexibility index (Phi) is 10.3. The number of hydrogen-bond donors (Lipinski definition) is 2. The molecule has 1 unspecified atom stereocenters. The molecule has 0 aromatic heterocycles. The van der Waals surface area contributed by atoms with E-state index in [0.29, 0.717) is 31.6 Å². The summed E-state index contributed by atoms with van der Waals surface area (Å²) < 4.78 is 12.4. The van der Waals surface area contributed by atoms with Crippen LogP contribution in [0.5, 0.6) is 11.5 Å². The van der Waals surface area contributed by atoms with E-state index in [1.807, 2.05) is 18.2 Å². The van der Waals surface area contributed by atoms with E-state index in [1.165, 1.54) is 17.7 Å². The molecule has 0 aliphatic rings. The Hall–Kier alpha value is -3.80. The van der Waals surface area contributed by atoms with Crippen molar-refractivity contribution >= 4 is 11.9 Å². The number of rotatable bonds is 14. The van der Waals surface area contributed by atoms with E-state index in [9.17, 15) is 9.59 Å². The Morgan fingerprint density at radius 1 is 0.842 bits per heavy atom. The molecule has 0 heterocycles. The summed E-state index contributed by atoms with van der Waals surface area (Å²) in [5.41, 5.74) is 3.79. The number of hydrogen-bond acceptors (Lipinski definition) is 4. The fourth-order valence-corrected chi connectivity index (χ4v) is 4.21. The van der Waals surface area contributed by atoms with Crippen LogP contribution in [-0.4, -0.2) is 28.3 Å². The lowest BCUT2D eigenvalue weighted by Gasteiger charge is -2.21. The molecule has 3 aromatic carbocycles. The van der Waals surface area contributed by atoms with Crippen molar-refractivity contribution in [1.29, 1.82) is 0 Å². The number of unbranched alkanes of at least 4 members (excludes halogenated alkanes) is 1. The van der Waals surface area contributed by atoms with Gasteiger partial charge in [-0.25, -0.2) is 4.79 Å². The molecule has 2 N–H and O–H groups in total. The van der Waals surface area contributed by atoms with Crippen LogP contribution in [0.1, 0.15) is 79.9 Å². The zero-order chi connectivity index (χ0) is 27.5. The molecule has 0 aliphatic carbocycles. The second-order valence-electron chi connectivity index (χ2n) is 10.6. The molecule has 0 fully saturated rings. The molecule has 0 saturated heterocycles. The fraction of sp³-hybridized carbons (Fsp3) is 0.375. The molecule has 0 amide bonds. The number of aryl methyl sites for hydroxylation is 1. The standard InChI is InChI=1S/C32H38O6/c1-32(2,3)26-17-12-23(13-18-26)22-37-29-10-6-4-8-24(29)14-19-27(9-5-7-11-30(33)34)38-28-20-15-25(16-21-28)31(35)36/h4,6,8,10,12-13,15-18,20-21,27H,5,7,9,11,14,19,22H2,1-3H3,(H,33,34)(H,35,36).